The monoisotopic (exact) mass is 250 g/mol. The molecule has 0 radical (unpaired) electrons. The van der Waals surface area contributed by atoms with Crippen molar-refractivity contribution in [2.75, 3.05) is 0 Å². The number of esters is 1. The third kappa shape index (κ3) is 3.47. The van der Waals surface area contributed by atoms with Crippen LogP contribution in [0.4, 0.5) is 0 Å². The first-order chi connectivity index (χ1) is 8.60. The molecule has 0 fully saturated rings. The van der Waals surface area contributed by atoms with Gasteiger partial charge in [0, 0.05) is 5.57 Å². The largest absolute Gasteiger partial charge is 0.451 e. The summed E-state index contributed by atoms with van der Waals surface area (Å²) in [7, 11) is 0. The van der Waals surface area contributed by atoms with Crippen molar-refractivity contribution in [1.29, 1.82) is 0 Å². The number of carbonyl (C=O) groups excluding carboxylic acids is 1. The summed E-state index contributed by atoms with van der Waals surface area (Å²) in [4.78, 5) is 11.8. The lowest BCUT2D eigenvalue weighted by Crippen LogP contribution is -2.29. The van der Waals surface area contributed by atoms with Crippen LogP contribution in [-0.2, 0) is 9.53 Å². The zero-order valence-corrected chi connectivity index (χ0v) is 12.2. The molecule has 0 aliphatic carbocycles. The lowest BCUT2D eigenvalue weighted by atomic mass is 9.86. The van der Waals surface area contributed by atoms with Crippen molar-refractivity contribution in [3.63, 3.8) is 0 Å². The van der Waals surface area contributed by atoms with E-state index in [2.05, 4.69) is 39.0 Å². The Hall–Kier alpha value is -1.05. The van der Waals surface area contributed by atoms with Gasteiger partial charge in [0.05, 0.1) is 0 Å². The second-order valence-electron chi connectivity index (χ2n) is 5.04. The maximum Gasteiger partial charge on any atom is 0.334 e. The highest BCUT2D eigenvalue weighted by atomic mass is 16.6. The minimum atomic E-state index is -0.360. The molecule has 0 saturated carbocycles. The Morgan fingerprint density at radius 1 is 1.33 bits per heavy atom. The van der Waals surface area contributed by atoms with Gasteiger partial charge in [-0.15, -0.1) is 0 Å². The molecular formula is C16H26O2. The van der Waals surface area contributed by atoms with Gasteiger partial charge in [0.15, 0.2) is 0 Å². The zero-order valence-electron chi connectivity index (χ0n) is 12.2. The van der Waals surface area contributed by atoms with Gasteiger partial charge in [-0.2, -0.15) is 0 Å². The van der Waals surface area contributed by atoms with E-state index in [4.69, 9.17) is 4.74 Å². The van der Waals surface area contributed by atoms with Gasteiger partial charge in [0.2, 0.25) is 0 Å². The van der Waals surface area contributed by atoms with Crippen molar-refractivity contribution < 1.29 is 9.53 Å². The Kier molecular flexibility index (Phi) is 5.64. The molecule has 0 unspecified atom stereocenters. The van der Waals surface area contributed by atoms with Crippen LogP contribution >= 0.6 is 0 Å². The number of ether oxygens (including phenoxy) is 1. The highest BCUT2D eigenvalue weighted by molar-refractivity contribution is 5.91. The van der Waals surface area contributed by atoms with Crippen LogP contribution in [0.25, 0.3) is 0 Å². The van der Waals surface area contributed by atoms with Gasteiger partial charge in [0.25, 0.3) is 0 Å². The maximum atomic E-state index is 11.8. The highest BCUT2D eigenvalue weighted by Gasteiger charge is 2.38. The molecule has 0 saturated heterocycles. The normalized spacial score (nSPS) is 25.3. The number of rotatable bonds is 7. The molecule has 0 aromatic heterocycles. The number of carbonyl (C=O) groups is 1. The minimum Gasteiger partial charge on any atom is -0.451 e. The summed E-state index contributed by atoms with van der Waals surface area (Å²) in [5.41, 5.74) is 0.479. The second kappa shape index (κ2) is 6.77. The van der Waals surface area contributed by atoms with Crippen LogP contribution in [0.1, 0.15) is 59.8 Å². The Morgan fingerprint density at radius 3 is 2.50 bits per heavy atom. The molecule has 0 aromatic carbocycles. The molecular weight excluding hydrogens is 224 g/mol. The first kappa shape index (κ1) is 15.0. The van der Waals surface area contributed by atoms with Crippen molar-refractivity contribution >= 4 is 5.97 Å². The molecule has 2 heteroatoms. The minimum absolute atomic E-state index is 0.117. The van der Waals surface area contributed by atoms with Crippen LogP contribution in [0.3, 0.4) is 0 Å². The summed E-state index contributed by atoms with van der Waals surface area (Å²) in [5, 5.41) is 0. The molecule has 1 heterocycles. The van der Waals surface area contributed by atoms with E-state index in [0.29, 0.717) is 5.92 Å². The molecule has 0 amide bonds. The third-order valence-electron chi connectivity index (χ3n) is 3.75. The van der Waals surface area contributed by atoms with Gasteiger partial charge in [-0.05, 0) is 44.1 Å². The molecule has 0 spiro atoms. The van der Waals surface area contributed by atoms with Gasteiger partial charge in [-0.1, -0.05) is 39.8 Å². The molecule has 0 aromatic rings. The standard InChI is InChI=1S/C16H26O2/c1-5-9-10-13(6-2)11-16(8-4)12-14(7-3)15(17)18-16/h9-10,12-13H,5-8,11H2,1-4H3/b10-9+/t13-,16+/m0/s1. The molecule has 0 N–H and O–H groups in total. The van der Waals surface area contributed by atoms with Crippen molar-refractivity contribution in [2.45, 2.75) is 65.4 Å². The zero-order chi connectivity index (χ0) is 13.6. The van der Waals surface area contributed by atoms with Crippen LogP contribution in [0, 0.1) is 5.92 Å². The molecule has 1 aliphatic heterocycles. The Balaban J connectivity index is 2.81. The quantitative estimate of drug-likeness (QED) is 0.494. The van der Waals surface area contributed by atoms with Crippen LogP contribution in [0.5, 0.6) is 0 Å². The van der Waals surface area contributed by atoms with E-state index in [1.807, 2.05) is 6.92 Å². The third-order valence-corrected chi connectivity index (χ3v) is 3.75. The Morgan fingerprint density at radius 2 is 2.06 bits per heavy atom. The van der Waals surface area contributed by atoms with Crippen molar-refractivity contribution in [3.05, 3.63) is 23.8 Å². The van der Waals surface area contributed by atoms with E-state index in [9.17, 15) is 4.79 Å². The highest BCUT2D eigenvalue weighted by Crippen LogP contribution is 2.36. The lowest BCUT2D eigenvalue weighted by molar-refractivity contribution is -0.147. The molecule has 102 valence electrons. The number of cyclic esters (lactones) is 1. The molecule has 0 bridgehead atoms. The van der Waals surface area contributed by atoms with Crippen LogP contribution in [0.15, 0.2) is 23.8 Å². The first-order valence-electron chi connectivity index (χ1n) is 7.22. The van der Waals surface area contributed by atoms with E-state index < -0.39 is 0 Å². The number of allylic oxidation sites excluding steroid dienone is 2. The smallest absolute Gasteiger partial charge is 0.334 e. The van der Waals surface area contributed by atoms with E-state index in [-0.39, 0.29) is 11.6 Å². The van der Waals surface area contributed by atoms with Gasteiger partial charge in [0.1, 0.15) is 5.60 Å². The van der Waals surface area contributed by atoms with Crippen molar-refractivity contribution in [3.8, 4) is 0 Å². The maximum absolute atomic E-state index is 11.8. The molecule has 1 aliphatic rings. The van der Waals surface area contributed by atoms with Crippen LogP contribution in [0.2, 0.25) is 0 Å². The molecule has 2 nitrogen and oxygen atoms in total. The summed E-state index contributed by atoms with van der Waals surface area (Å²) in [6, 6.07) is 0. The van der Waals surface area contributed by atoms with E-state index in [0.717, 1.165) is 37.7 Å². The van der Waals surface area contributed by atoms with E-state index >= 15 is 0 Å². The van der Waals surface area contributed by atoms with Crippen LogP contribution in [-0.4, -0.2) is 11.6 Å². The van der Waals surface area contributed by atoms with Gasteiger partial charge in [-0.25, -0.2) is 4.79 Å². The second-order valence-corrected chi connectivity index (χ2v) is 5.04. The molecule has 18 heavy (non-hydrogen) atoms. The Bertz CT molecular complexity index is 341. The summed E-state index contributed by atoms with van der Waals surface area (Å²) in [6.45, 7) is 8.44. The average molecular weight is 250 g/mol. The summed E-state index contributed by atoms with van der Waals surface area (Å²) in [6.07, 6.45) is 11.2. The van der Waals surface area contributed by atoms with Gasteiger partial charge in [-0.3, -0.25) is 0 Å². The molecule has 1 rings (SSSR count). The van der Waals surface area contributed by atoms with Crippen LogP contribution < -0.4 is 0 Å². The first-order valence-corrected chi connectivity index (χ1v) is 7.22. The number of hydrogen-bond acceptors (Lipinski definition) is 2. The predicted octanol–water partition coefficient (Wildman–Crippen LogP) is 4.41. The van der Waals surface area contributed by atoms with E-state index in [1.54, 1.807) is 0 Å². The fourth-order valence-corrected chi connectivity index (χ4v) is 2.44. The summed E-state index contributed by atoms with van der Waals surface area (Å²) in [5.74, 6) is 0.374. The van der Waals surface area contributed by atoms with Gasteiger partial charge < -0.3 is 4.74 Å². The van der Waals surface area contributed by atoms with Crippen molar-refractivity contribution in [2.24, 2.45) is 5.92 Å². The SMILES string of the molecule is CC/C=C/[C@H](CC)C[C@]1(CC)C=C(CC)C(=O)O1. The fourth-order valence-electron chi connectivity index (χ4n) is 2.44. The lowest BCUT2D eigenvalue weighted by Gasteiger charge is -2.28. The van der Waals surface area contributed by atoms with E-state index in [1.165, 1.54) is 0 Å². The molecule has 2 atom stereocenters. The topological polar surface area (TPSA) is 26.3 Å². The summed E-state index contributed by atoms with van der Waals surface area (Å²) >= 11 is 0. The average Bonchev–Trinajstić information content (AvgIpc) is 2.71. The predicted molar refractivity (Wildman–Crippen MR) is 75.3 cm³/mol. The fraction of sp³-hybridized carbons (Fsp3) is 0.688. The summed E-state index contributed by atoms with van der Waals surface area (Å²) < 4.78 is 5.65. The Labute approximate surface area is 111 Å². The van der Waals surface area contributed by atoms with Crippen molar-refractivity contribution in [1.82, 2.24) is 0 Å². The van der Waals surface area contributed by atoms with Gasteiger partial charge >= 0.3 is 5.97 Å². The number of hydrogen-bond donors (Lipinski definition) is 0.